The summed E-state index contributed by atoms with van der Waals surface area (Å²) in [5.41, 5.74) is 0.443. The Labute approximate surface area is 192 Å². The highest BCUT2D eigenvalue weighted by Crippen LogP contribution is 2.29. The molecule has 2 N–H and O–H groups in total. The van der Waals surface area contributed by atoms with Crippen LogP contribution in [-0.2, 0) is 10.0 Å². The molecule has 9 nitrogen and oxygen atoms in total. The minimum Gasteiger partial charge on any atom is -0.497 e. The number of rotatable bonds is 9. The van der Waals surface area contributed by atoms with E-state index in [9.17, 15) is 13.2 Å². The van der Waals surface area contributed by atoms with Gasteiger partial charge in [0.2, 0.25) is 15.9 Å². The van der Waals surface area contributed by atoms with E-state index in [4.69, 9.17) is 14.2 Å². The van der Waals surface area contributed by atoms with Gasteiger partial charge < -0.3 is 19.5 Å². The van der Waals surface area contributed by atoms with E-state index in [0.717, 1.165) is 0 Å². The molecule has 1 amide bonds. The standard InChI is InChI=1S/C23H25N3O6S/c1-15(2)26-33(28,29)21-14-16(7-12-20(21)31-4)22(27)25-19-6-5-13-24-23(19)32-18-10-8-17(30-3)9-11-18/h5-15,26H,1-4H3,(H,25,27). The second kappa shape index (κ2) is 10.3. The fourth-order valence-corrected chi connectivity index (χ4v) is 4.36. The number of carbonyl (C=O) groups is 1. The van der Waals surface area contributed by atoms with E-state index in [2.05, 4.69) is 15.0 Å². The highest BCUT2D eigenvalue weighted by molar-refractivity contribution is 7.89. The third-order valence-corrected chi connectivity index (χ3v) is 6.08. The molecule has 0 saturated carbocycles. The Balaban J connectivity index is 1.86. The van der Waals surface area contributed by atoms with Gasteiger partial charge in [-0.2, -0.15) is 0 Å². The summed E-state index contributed by atoms with van der Waals surface area (Å²) in [7, 11) is -0.959. The molecule has 2 aromatic carbocycles. The summed E-state index contributed by atoms with van der Waals surface area (Å²) in [4.78, 5) is 17.0. The predicted molar refractivity (Wildman–Crippen MR) is 124 cm³/mol. The maximum absolute atomic E-state index is 12.9. The topological polar surface area (TPSA) is 116 Å². The first-order valence-corrected chi connectivity index (χ1v) is 11.5. The highest BCUT2D eigenvalue weighted by Gasteiger charge is 2.23. The van der Waals surface area contributed by atoms with Crippen molar-refractivity contribution in [1.82, 2.24) is 9.71 Å². The molecule has 0 saturated heterocycles. The van der Waals surface area contributed by atoms with E-state index in [-0.39, 0.29) is 28.1 Å². The quantitative estimate of drug-likeness (QED) is 0.487. The fourth-order valence-electron chi connectivity index (χ4n) is 2.92. The zero-order valence-electron chi connectivity index (χ0n) is 18.7. The molecule has 0 aliphatic heterocycles. The number of sulfonamides is 1. The predicted octanol–water partition coefficient (Wildman–Crippen LogP) is 3.83. The van der Waals surface area contributed by atoms with Gasteiger partial charge in [-0.25, -0.2) is 18.1 Å². The molecule has 0 atom stereocenters. The van der Waals surface area contributed by atoms with Gasteiger partial charge in [0, 0.05) is 17.8 Å². The summed E-state index contributed by atoms with van der Waals surface area (Å²) >= 11 is 0. The van der Waals surface area contributed by atoms with Crippen LogP contribution < -0.4 is 24.2 Å². The van der Waals surface area contributed by atoms with Crippen LogP contribution in [0, 0.1) is 0 Å². The first-order chi connectivity index (χ1) is 15.7. The van der Waals surface area contributed by atoms with Crippen molar-refractivity contribution in [2.24, 2.45) is 0 Å². The maximum atomic E-state index is 12.9. The molecular weight excluding hydrogens is 446 g/mol. The van der Waals surface area contributed by atoms with Crippen LogP contribution in [0.4, 0.5) is 5.69 Å². The van der Waals surface area contributed by atoms with Gasteiger partial charge in [-0.3, -0.25) is 4.79 Å². The van der Waals surface area contributed by atoms with Crippen molar-refractivity contribution in [3.63, 3.8) is 0 Å². The van der Waals surface area contributed by atoms with Gasteiger partial charge in [-0.1, -0.05) is 0 Å². The summed E-state index contributed by atoms with van der Waals surface area (Å²) in [6.45, 7) is 3.40. The minimum absolute atomic E-state index is 0.124. The third kappa shape index (κ3) is 5.99. The Hall–Kier alpha value is -3.63. The molecule has 1 aromatic heterocycles. The van der Waals surface area contributed by atoms with Crippen molar-refractivity contribution in [3.05, 3.63) is 66.4 Å². The van der Waals surface area contributed by atoms with Crippen LogP contribution in [0.1, 0.15) is 24.2 Å². The molecule has 3 aromatic rings. The Morgan fingerprint density at radius 1 is 0.970 bits per heavy atom. The Kier molecular flexibility index (Phi) is 7.52. The summed E-state index contributed by atoms with van der Waals surface area (Å²) in [5.74, 6) is 0.950. The van der Waals surface area contributed by atoms with E-state index >= 15 is 0 Å². The van der Waals surface area contributed by atoms with Gasteiger partial charge in [0.25, 0.3) is 5.91 Å². The van der Waals surface area contributed by atoms with Crippen LogP contribution in [0.2, 0.25) is 0 Å². The first kappa shape index (κ1) is 24.0. The lowest BCUT2D eigenvalue weighted by Crippen LogP contribution is -2.30. The second-order valence-corrected chi connectivity index (χ2v) is 8.91. The highest BCUT2D eigenvalue weighted by atomic mass is 32.2. The second-order valence-electron chi connectivity index (χ2n) is 7.23. The van der Waals surface area contributed by atoms with Crippen molar-refractivity contribution in [2.75, 3.05) is 19.5 Å². The van der Waals surface area contributed by atoms with E-state index < -0.39 is 15.9 Å². The maximum Gasteiger partial charge on any atom is 0.255 e. The van der Waals surface area contributed by atoms with Crippen LogP contribution in [0.3, 0.4) is 0 Å². The SMILES string of the molecule is COc1ccc(Oc2ncccc2NC(=O)c2ccc(OC)c(S(=O)(=O)NC(C)C)c2)cc1. The average molecular weight is 472 g/mol. The van der Waals surface area contributed by atoms with Crippen LogP contribution in [-0.4, -0.2) is 39.6 Å². The number of hydrogen-bond acceptors (Lipinski definition) is 7. The van der Waals surface area contributed by atoms with E-state index in [0.29, 0.717) is 17.2 Å². The van der Waals surface area contributed by atoms with Gasteiger partial charge in [0.1, 0.15) is 27.8 Å². The molecule has 0 unspecified atom stereocenters. The van der Waals surface area contributed by atoms with Crippen molar-refractivity contribution in [1.29, 1.82) is 0 Å². The molecule has 10 heteroatoms. The number of pyridine rings is 1. The third-order valence-electron chi connectivity index (χ3n) is 4.40. The number of amides is 1. The Morgan fingerprint density at radius 3 is 2.30 bits per heavy atom. The molecule has 1 heterocycles. The number of aromatic nitrogens is 1. The Bertz CT molecular complexity index is 1230. The smallest absolute Gasteiger partial charge is 0.255 e. The number of methoxy groups -OCH3 is 2. The lowest BCUT2D eigenvalue weighted by Gasteiger charge is -2.15. The van der Waals surface area contributed by atoms with E-state index in [1.807, 2.05) is 0 Å². The van der Waals surface area contributed by atoms with Crippen LogP contribution >= 0.6 is 0 Å². The van der Waals surface area contributed by atoms with Crippen molar-refractivity contribution >= 4 is 21.6 Å². The van der Waals surface area contributed by atoms with Gasteiger partial charge in [-0.05, 0) is 68.4 Å². The van der Waals surface area contributed by atoms with Crippen molar-refractivity contribution in [2.45, 2.75) is 24.8 Å². The minimum atomic E-state index is -3.89. The van der Waals surface area contributed by atoms with Crippen molar-refractivity contribution < 1.29 is 27.4 Å². The molecule has 0 aliphatic carbocycles. The number of ether oxygens (including phenoxy) is 3. The lowest BCUT2D eigenvalue weighted by atomic mass is 10.2. The molecular formula is C23H25N3O6S. The van der Waals surface area contributed by atoms with Crippen LogP contribution in [0.15, 0.2) is 65.7 Å². The molecule has 0 bridgehead atoms. The van der Waals surface area contributed by atoms with Gasteiger partial charge >= 0.3 is 0 Å². The molecule has 3 rings (SSSR count). The van der Waals surface area contributed by atoms with Crippen LogP contribution in [0.25, 0.3) is 0 Å². The molecule has 0 fully saturated rings. The van der Waals surface area contributed by atoms with Crippen molar-refractivity contribution in [3.8, 4) is 23.1 Å². The molecule has 0 aliphatic rings. The monoisotopic (exact) mass is 471 g/mol. The van der Waals surface area contributed by atoms with Crippen LogP contribution in [0.5, 0.6) is 23.1 Å². The number of hydrogen-bond donors (Lipinski definition) is 2. The summed E-state index contributed by atoms with van der Waals surface area (Å²) in [5, 5.41) is 2.72. The molecule has 33 heavy (non-hydrogen) atoms. The molecule has 174 valence electrons. The number of benzene rings is 2. The summed E-state index contributed by atoms with van der Waals surface area (Å²) in [6.07, 6.45) is 1.53. The molecule has 0 spiro atoms. The van der Waals surface area contributed by atoms with Gasteiger partial charge in [-0.15, -0.1) is 0 Å². The zero-order chi connectivity index (χ0) is 24.0. The van der Waals surface area contributed by atoms with Gasteiger partial charge in [0.05, 0.1) is 14.2 Å². The summed E-state index contributed by atoms with van der Waals surface area (Å²) < 4.78 is 44.0. The number of nitrogens with one attached hydrogen (secondary N) is 2. The zero-order valence-corrected chi connectivity index (χ0v) is 19.5. The van der Waals surface area contributed by atoms with Gasteiger partial charge in [0.15, 0.2) is 0 Å². The van der Waals surface area contributed by atoms with E-state index in [1.54, 1.807) is 57.4 Å². The lowest BCUT2D eigenvalue weighted by molar-refractivity contribution is 0.102. The molecule has 0 radical (unpaired) electrons. The number of nitrogens with zero attached hydrogens (tertiary/aromatic N) is 1. The summed E-state index contributed by atoms with van der Waals surface area (Å²) in [6, 6.07) is 14.0. The fraction of sp³-hybridized carbons (Fsp3) is 0.217. The first-order valence-electron chi connectivity index (χ1n) is 10.0. The normalized spacial score (nSPS) is 11.2. The number of anilines is 1. The average Bonchev–Trinajstić information content (AvgIpc) is 2.79. The van der Waals surface area contributed by atoms with E-state index in [1.165, 1.54) is 31.5 Å². The Morgan fingerprint density at radius 2 is 1.67 bits per heavy atom. The largest absolute Gasteiger partial charge is 0.497 e. The number of carbonyl (C=O) groups excluding carboxylic acids is 1.